The van der Waals surface area contributed by atoms with Crippen molar-refractivity contribution in [3.63, 3.8) is 0 Å². The van der Waals surface area contributed by atoms with E-state index in [1.165, 1.54) is 13.0 Å². The highest BCUT2D eigenvalue weighted by atomic mass is 19.2. The van der Waals surface area contributed by atoms with Gasteiger partial charge >= 0.3 is 0 Å². The molecule has 0 fully saturated rings. The van der Waals surface area contributed by atoms with Gasteiger partial charge in [-0.1, -0.05) is 0 Å². The molecule has 0 saturated carbocycles. The first-order valence-corrected chi connectivity index (χ1v) is 4.20. The van der Waals surface area contributed by atoms with Crippen molar-refractivity contribution in [1.82, 2.24) is 0 Å². The molecule has 0 radical (unpaired) electrons. The number of benzene rings is 1. The van der Waals surface area contributed by atoms with E-state index in [0.29, 0.717) is 0 Å². The highest BCUT2D eigenvalue weighted by molar-refractivity contribution is 5.93. The Hall–Kier alpha value is -1.96. The van der Waals surface area contributed by atoms with E-state index in [-0.39, 0.29) is 5.69 Å². The first-order chi connectivity index (χ1) is 7.04. The summed E-state index contributed by atoms with van der Waals surface area (Å²) in [6.45, 7) is 1.41. The van der Waals surface area contributed by atoms with E-state index >= 15 is 0 Å². The van der Waals surface area contributed by atoms with Crippen LogP contribution < -0.4 is 5.32 Å². The second-order valence-electron chi connectivity index (χ2n) is 2.97. The van der Waals surface area contributed by atoms with Gasteiger partial charge in [-0.15, -0.1) is 0 Å². The van der Waals surface area contributed by atoms with Crippen LogP contribution >= 0.6 is 0 Å². The molecular formula is C10H8F2N2O. The zero-order valence-corrected chi connectivity index (χ0v) is 7.92. The van der Waals surface area contributed by atoms with E-state index in [0.717, 1.165) is 12.1 Å². The van der Waals surface area contributed by atoms with E-state index < -0.39 is 23.5 Å². The fourth-order valence-electron chi connectivity index (χ4n) is 0.883. The van der Waals surface area contributed by atoms with Gasteiger partial charge in [0, 0.05) is 11.8 Å². The maximum Gasteiger partial charge on any atom is 0.241 e. The van der Waals surface area contributed by atoms with Gasteiger partial charge in [-0.2, -0.15) is 5.26 Å². The molecule has 0 aliphatic carbocycles. The molecule has 1 rings (SSSR count). The molecule has 78 valence electrons. The molecule has 0 heterocycles. The highest BCUT2D eigenvalue weighted by Gasteiger charge is 2.12. The van der Waals surface area contributed by atoms with Crippen molar-refractivity contribution >= 4 is 11.6 Å². The molecular weight excluding hydrogens is 202 g/mol. The summed E-state index contributed by atoms with van der Waals surface area (Å²) in [4.78, 5) is 11.2. The van der Waals surface area contributed by atoms with Gasteiger partial charge in [0.15, 0.2) is 11.6 Å². The third-order valence-corrected chi connectivity index (χ3v) is 1.77. The van der Waals surface area contributed by atoms with Gasteiger partial charge in [0.25, 0.3) is 0 Å². The number of anilines is 1. The van der Waals surface area contributed by atoms with Crippen molar-refractivity contribution in [2.75, 3.05) is 5.32 Å². The van der Waals surface area contributed by atoms with Crippen LogP contribution in [0.15, 0.2) is 18.2 Å². The Morgan fingerprint density at radius 1 is 1.47 bits per heavy atom. The average Bonchev–Trinajstić information content (AvgIpc) is 2.22. The van der Waals surface area contributed by atoms with Crippen LogP contribution in [0.25, 0.3) is 0 Å². The molecule has 0 aliphatic rings. The average molecular weight is 210 g/mol. The van der Waals surface area contributed by atoms with E-state index in [9.17, 15) is 13.6 Å². The van der Waals surface area contributed by atoms with Crippen molar-refractivity contribution in [2.45, 2.75) is 6.92 Å². The van der Waals surface area contributed by atoms with E-state index in [2.05, 4.69) is 5.32 Å². The van der Waals surface area contributed by atoms with E-state index in [1.54, 1.807) is 6.07 Å². The lowest BCUT2D eigenvalue weighted by Gasteiger charge is -2.06. The van der Waals surface area contributed by atoms with Crippen molar-refractivity contribution in [3.05, 3.63) is 29.8 Å². The van der Waals surface area contributed by atoms with Crippen molar-refractivity contribution in [1.29, 1.82) is 5.26 Å². The first kappa shape index (κ1) is 11.1. The summed E-state index contributed by atoms with van der Waals surface area (Å²) >= 11 is 0. The number of hydrogen-bond acceptors (Lipinski definition) is 2. The second-order valence-corrected chi connectivity index (χ2v) is 2.97. The quantitative estimate of drug-likeness (QED) is 0.812. The lowest BCUT2D eigenvalue weighted by atomic mass is 10.2. The Morgan fingerprint density at radius 3 is 2.67 bits per heavy atom. The third kappa shape index (κ3) is 2.74. The summed E-state index contributed by atoms with van der Waals surface area (Å²) < 4.78 is 25.2. The van der Waals surface area contributed by atoms with Crippen LogP contribution in [0.5, 0.6) is 0 Å². The molecule has 15 heavy (non-hydrogen) atoms. The molecule has 5 heteroatoms. The van der Waals surface area contributed by atoms with Crippen LogP contribution in [0.4, 0.5) is 14.5 Å². The number of nitriles is 1. The SMILES string of the molecule is CC(C#N)C(=O)Nc1ccc(F)c(F)c1. The number of carbonyl (C=O) groups is 1. The molecule has 0 spiro atoms. The van der Waals surface area contributed by atoms with Crippen LogP contribution in [0.3, 0.4) is 0 Å². The predicted octanol–water partition coefficient (Wildman–Crippen LogP) is 2.06. The van der Waals surface area contributed by atoms with Crippen molar-refractivity contribution < 1.29 is 13.6 Å². The largest absolute Gasteiger partial charge is 0.325 e. The van der Waals surface area contributed by atoms with Crippen LogP contribution in [0, 0.1) is 28.9 Å². The summed E-state index contributed by atoms with van der Waals surface area (Å²) in [5.41, 5.74) is 0.126. The van der Waals surface area contributed by atoms with Crippen molar-refractivity contribution in [3.8, 4) is 6.07 Å². The van der Waals surface area contributed by atoms with Gasteiger partial charge in [0.2, 0.25) is 5.91 Å². The van der Waals surface area contributed by atoms with Gasteiger partial charge < -0.3 is 5.32 Å². The van der Waals surface area contributed by atoms with Crippen molar-refractivity contribution in [2.24, 2.45) is 5.92 Å². The maximum atomic E-state index is 12.7. The summed E-state index contributed by atoms with van der Waals surface area (Å²) in [5.74, 6) is -3.42. The van der Waals surface area contributed by atoms with Gasteiger partial charge in [0.1, 0.15) is 5.92 Å². The van der Waals surface area contributed by atoms with Crippen LogP contribution in [-0.4, -0.2) is 5.91 Å². The number of amides is 1. The Morgan fingerprint density at radius 2 is 2.13 bits per heavy atom. The molecule has 0 saturated heterocycles. The topological polar surface area (TPSA) is 52.9 Å². The Kier molecular flexibility index (Phi) is 3.34. The maximum absolute atomic E-state index is 12.7. The molecule has 3 nitrogen and oxygen atoms in total. The van der Waals surface area contributed by atoms with Crippen LogP contribution in [0.1, 0.15) is 6.92 Å². The smallest absolute Gasteiger partial charge is 0.241 e. The minimum atomic E-state index is -1.04. The number of halogens is 2. The standard InChI is InChI=1S/C10H8F2N2O/c1-6(5-13)10(15)14-7-2-3-8(11)9(12)4-7/h2-4,6H,1H3,(H,14,15). The normalized spacial score (nSPS) is 11.6. The molecule has 0 aliphatic heterocycles. The summed E-state index contributed by atoms with van der Waals surface area (Å²) in [5, 5.41) is 10.7. The lowest BCUT2D eigenvalue weighted by molar-refractivity contribution is -0.117. The number of nitrogens with zero attached hydrogens (tertiary/aromatic N) is 1. The zero-order chi connectivity index (χ0) is 11.4. The molecule has 1 aromatic carbocycles. The molecule has 1 atom stereocenters. The molecule has 0 bridgehead atoms. The summed E-state index contributed by atoms with van der Waals surface area (Å²) in [6.07, 6.45) is 0. The minimum Gasteiger partial charge on any atom is -0.325 e. The fraction of sp³-hybridized carbons (Fsp3) is 0.200. The van der Waals surface area contributed by atoms with Gasteiger partial charge in [0.05, 0.1) is 6.07 Å². The molecule has 1 amide bonds. The Bertz CT molecular complexity index is 426. The number of hydrogen-bond donors (Lipinski definition) is 1. The Labute approximate surface area is 85.3 Å². The lowest BCUT2D eigenvalue weighted by Crippen LogP contribution is -2.19. The van der Waals surface area contributed by atoms with Crippen LogP contribution in [-0.2, 0) is 4.79 Å². The van der Waals surface area contributed by atoms with E-state index in [4.69, 9.17) is 5.26 Å². The van der Waals surface area contributed by atoms with E-state index in [1.807, 2.05) is 0 Å². The molecule has 1 aromatic rings. The summed E-state index contributed by atoms with van der Waals surface area (Å²) in [7, 11) is 0. The molecule has 0 aromatic heterocycles. The number of nitrogens with one attached hydrogen (secondary N) is 1. The molecule has 1 unspecified atom stereocenters. The Balaban J connectivity index is 2.78. The van der Waals surface area contributed by atoms with Gasteiger partial charge in [-0.3, -0.25) is 4.79 Å². The van der Waals surface area contributed by atoms with Gasteiger partial charge in [-0.25, -0.2) is 8.78 Å². The number of rotatable bonds is 2. The summed E-state index contributed by atoms with van der Waals surface area (Å²) in [6, 6.07) is 4.72. The fourth-order valence-corrected chi connectivity index (χ4v) is 0.883. The third-order valence-electron chi connectivity index (χ3n) is 1.77. The minimum absolute atomic E-state index is 0.126. The first-order valence-electron chi connectivity index (χ1n) is 4.20. The van der Waals surface area contributed by atoms with Crippen LogP contribution in [0.2, 0.25) is 0 Å². The number of carbonyl (C=O) groups excluding carboxylic acids is 1. The second kappa shape index (κ2) is 4.51. The monoisotopic (exact) mass is 210 g/mol. The predicted molar refractivity (Wildman–Crippen MR) is 49.8 cm³/mol. The van der Waals surface area contributed by atoms with Gasteiger partial charge in [-0.05, 0) is 19.1 Å². The molecule has 1 N–H and O–H groups in total. The zero-order valence-electron chi connectivity index (χ0n) is 7.92. The highest BCUT2D eigenvalue weighted by Crippen LogP contribution is 2.13.